The van der Waals surface area contributed by atoms with E-state index in [1.807, 2.05) is 31.3 Å². The maximum Gasteiger partial charge on any atom is 0.247 e. The zero-order chi connectivity index (χ0) is 18.8. The van der Waals surface area contributed by atoms with E-state index < -0.39 is 6.04 Å². The van der Waals surface area contributed by atoms with Gasteiger partial charge in [-0.1, -0.05) is 6.07 Å². The minimum Gasteiger partial charge on any atom is -0.382 e. The molecule has 0 spiro atoms. The normalized spacial score (nSPS) is 12.3. The van der Waals surface area contributed by atoms with Crippen molar-refractivity contribution in [3.63, 3.8) is 0 Å². The summed E-state index contributed by atoms with van der Waals surface area (Å²) in [5.74, 6) is 0.136. The lowest BCUT2D eigenvalue weighted by molar-refractivity contribution is -0.118. The third-order valence-corrected chi connectivity index (χ3v) is 4.48. The van der Waals surface area contributed by atoms with Crippen molar-refractivity contribution in [2.45, 2.75) is 32.9 Å². The number of benzene rings is 1. The second-order valence-corrected chi connectivity index (χ2v) is 6.50. The molecular weight excluding hydrogens is 330 g/mol. The molecule has 8 heteroatoms. The van der Waals surface area contributed by atoms with Crippen LogP contribution >= 0.6 is 0 Å². The number of imidazole rings is 1. The first kappa shape index (κ1) is 17.7. The Kier molecular flexibility index (Phi) is 4.75. The molecule has 0 bridgehead atoms. The summed E-state index contributed by atoms with van der Waals surface area (Å²) in [5, 5.41) is 2.95. The van der Waals surface area contributed by atoms with Crippen molar-refractivity contribution in [2.75, 3.05) is 23.0 Å². The highest BCUT2D eigenvalue weighted by Gasteiger charge is 2.19. The van der Waals surface area contributed by atoms with Crippen molar-refractivity contribution in [3.8, 4) is 0 Å². The van der Waals surface area contributed by atoms with Crippen molar-refractivity contribution in [2.24, 2.45) is 0 Å². The summed E-state index contributed by atoms with van der Waals surface area (Å²) in [6.45, 7) is 6.02. The third kappa shape index (κ3) is 3.30. The van der Waals surface area contributed by atoms with Gasteiger partial charge in [0.25, 0.3) is 0 Å². The number of rotatable bonds is 5. The topological polar surface area (TPSA) is 102 Å². The molecule has 0 radical (unpaired) electrons. The molecule has 136 valence electrons. The Balaban J connectivity index is 1.81. The lowest BCUT2D eigenvalue weighted by atomic mass is 10.2. The predicted molar refractivity (Wildman–Crippen MR) is 103 cm³/mol. The Labute approximate surface area is 152 Å². The quantitative estimate of drug-likeness (QED) is 0.730. The van der Waals surface area contributed by atoms with Crippen LogP contribution in [0, 0.1) is 0 Å². The Morgan fingerprint density at radius 1 is 1.23 bits per heavy atom. The van der Waals surface area contributed by atoms with Gasteiger partial charge in [-0.2, -0.15) is 0 Å². The molecule has 1 atom stereocenters. The number of anilines is 3. The molecule has 0 saturated carbocycles. The number of nitrogens with two attached hydrogens (primary N) is 1. The number of nitrogens with one attached hydrogen (secondary N) is 1. The molecular formula is C18H23N7O. The minimum absolute atomic E-state index is 0.161. The molecule has 26 heavy (non-hydrogen) atoms. The summed E-state index contributed by atoms with van der Waals surface area (Å²) >= 11 is 0. The van der Waals surface area contributed by atoms with Gasteiger partial charge in [0, 0.05) is 24.5 Å². The number of aromatic nitrogens is 4. The average Bonchev–Trinajstić information content (AvgIpc) is 3.06. The Morgan fingerprint density at radius 2 is 2.00 bits per heavy atom. The van der Waals surface area contributed by atoms with Crippen LogP contribution in [0.3, 0.4) is 0 Å². The van der Waals surface area contributed by atoms with E-state index in [1.54, 1.807) is 17.8 Å². The molecule has 0 aliphatic heterocycles. The maximum absolute atomic E-state index is 12.7. The number of hydrogen-bond donors (Lipinski definition) is 2. The van der Waals surface area contributed by atoms with E-state index >= 15 is 0 Å². The molecule has 1 unspecified atom stereocenters. The maximum atomic E-state index is 12.7. The standard InChI is InChI=1S/C18H23N7O/c1-11(2)24(4)14-7-5-6-13(8-14)23-18(26)12(3)25-10-22-15-16(19)20-9-21-17(15)25/h5-12H,1-4H3,(H,23,26)(H2,19,20,21). The number of hydrogen-bond acceptors (Lipinski definition) is 6. The van der Waals surface area contributed by atoms with Gasteiger partial charge in [-0.15, -0.1) is 0 Å². The SMILES string of the molecule is CC(C)N(C)c1cccc(NC(=O)C(C)n2cnc3c(N)ncnc32)c1. The van der Waals surface area contributed by atoms with Crippen LogP contribution in [-0.4, -0.2) is 38.5 Å². The van der Waals surface area contributed by atoms with Gasteiger partial charge in [-0.3, -0.25) is 4.79 Å². The first-order valence-corrected chi connectivity index (χ1v) is 8.45. The highest BCUT2D eigenvalue weighted by Crippen LogP contribution is 2.23. The predicted octanol–water partition coefficient (Wildman–Crippen LogP) is 2.45. The first-order chi connectivity index (χ1) is 12.4. The third-order valence-electron chi connectivity index (χ3n) is 4.48. The summed E-state index contributed by atoms with van der Waals surface area (Å²) in [4.78, 5) is 27.2. The molecule has 0 saturated heterocycles. The van der Waals surface area contributed by atoms with Crippen LogP contribution in [0.25, 0.3) is 11.2 Å². The van der Waals surface area contributed by atoms with E-state index in [4.69, 9.17) is 5.73 Å². The Hall–Kier alpha value is -3.16. The van der Waals surface area contributed by atoms with Gasteiger partial charge in [-0.25, -0.2) is 15.0 Å². The summed E-state index contributed by atoms with van der Waals surface area (Å²) in [6, 6.07) is 7.63. The lowest BCUT2D eigenvalue weighted by Gasteiger charge is -2.24. The first-order valence-electron chi connectivity index (χ1n) is 8.45. The van der Waals surface area contributed by atoms with Crippen molar-refractivity contribution >= 4 is 34.3 Å². The van der Waals surface area contributed by atoms with Crippen molar-refractivity contribution in [1.29, 1.82) is 0 Å². The smallest absolute Gasteiger partial charge is 0.247 e. The molecule has 3 N–H and O–H groups in total. The van der Waals surface area contributed by atoms with Crippen LogP contribution in [-0.2, 0) is 4.79 Å². The summed E-state index contributed by atoms with van der Waals surface area (Å²) in [5.41, 5.74) is 8.62. The fourth-order valence-electron chi connectivity index (χ4n) is 2.63. The van der Waals surface area contributed by atoms with Gasteiger partial charge in [0.05, 0.1) is 6.33 Å². The van der Waals surface area contributed by atoms with Crippen LogP contribution in [0.1, 0.15) is 26.8 Å². The molecule has 1 aromatic carbocycles. The van der Waals surface area contributed by atoms with Crippen LogP contribution in [0.5, 0.6) is 0 Å². The number of fused-ring (bicyclic) bond motifs is 1. The Bertz CT molecular complexity index is 934. The van der Waals surface area contributed by atoms with Gasteiger partial charge in [0.2, 0.25) is 5.91 Å². The van der Waals surface area contributed by atoms with E-state index in [0.29, 0.717) is 23.0 Å². The van der Waals surface area contributed by atoms with Crippen LogP contribution in [0.4, 0.5) is 17.2 Å². The Morgan fingerprint density at radius 3 is 2.73 bits per heavy atom. The van der Waals surface area contributed by atoms with Crippen molar-refractivity contribution in [3.05, 3.63) is 36.9 Å². The van der Waals surface area contributed by atoms with E-state index in [-0.39, 0.29) is 5.91 Å². The highest BCUT2D eigenvalue weighted by atomic mass is 16.2. The number of carbonyl (C=O) groups excluding carboxylic acids is 1. The number of amides is 1. The number of nitrogen functional groups attached to an aromatic ring is 1. The summed E-state index contributed by atoms with van der Waals surface area (Å²) in [7, 11) is 2.02. The van der Waals surface area contributed by atoms with Gasteiger partial charge < -0.3 is 20.5 Å². The van der Waals surface area contributed by atoms with Gasteiger partial charge in [-0.05, 0) is 39.0 Å². The van der Waals surface area contributed by atoms with E-state index in [0.717, 1.165) is 11.4 Å². The van der Waals surface area contributed by atoms with E-state index in [9.17, 15) is 4.79 Å². The van der Waals surface area contributed by atoms with E-state index in [1.165, 1.54) is 6.33 Å². The zero-order valence-electron chi connectivity index (χ0n) is 15.3. The average molecular weight is 353 g/mol. The monoisotopic (exact) mass is 353 g/mol. The fraction of sp³-hybridized carbons (Fsp3) is 0.333. The fourth-order valence-corrected chi connectivity index (χ4v) is 2.63. The highest BCUT2D eigenvalue weighted by molar-refractivity contribution is 5.95. The molecule has 0 fully saturated rings. The molecule has 8 nitrogen and oxygen atoms in total. The van der Waals surface area contributed by atoms with Gasteiger partial charge in [0.15, 0.2) is 11.5 Å². The molecule has 3 aromatic rings. The second kappa shape index (κ2) is 6.99. The zero-order valence-corrected chi connectivity index (χ0v) is 15.3. The lowest BCUT2D eigenvalue weighted by Crippen LogP contribution is -2.26. The molecule has 0 aliphatic carbocycles. The summed E-state index contributed by atoms with van der Waals surface area (Å²) < 4.78 is 1.69. The van der Waals surface area contributed by atoms with Crippen molar-refractivity contribution < 1.29 is 4.79 Å². The molecule has 3 rings (SSSR count). The van der Waals surface area contributed by atoms with Crippen LogP contribution in [0.2, 0.25) is 0 Å². The molecule has 1 amide bonds. The van der Waals surface area contributed by atoms with E-state index in [2.05, 4.69) is 39.0 Å². The molecule has 2 aromatic heterocycles. The minimum atomic E-state index is -0.499. The van der Waals surface area contributed by atoms with Crippen molar-refractivity contribution in [1.82, 2.24) is 19.5 Å². The molecule has 0 aliphatic rings. The number of nitrogens with zero attached hydrogens (tertiary/aromatic N) is 5. The van der Waals surface area contributed by atoms with Gasteiger partial charge >= 0.3 is 0 Å². The van der Waals surface area contributed by atoms with Crippen LogP contribution < -0.4 is 16.0 Å². The summed E-state index contributed by atoms with van der Waals surface area (Å²) in [6.07, 6.45) is 2.93. The molecule has 2 heterocycles. The van der Waals surface area contributed by atoms with Gasteiger partial charge in [0.1, 0.15) is 17.9 Å². The largest absolute Gasteiger partial charge is 0.382 e. The second-order valence-electron chi connectivity index (χ2n) is 6.50. The van der Waals surface area contributed by atoms with Crippen LogP contribution in [0.15, 0.2) is 36.9 Å². The number of carbonyl (C=O) groups is 1.